The summed E-state index contributed by atoms with van der Waals surface area (Å²) in [5.74, 6) is -4.46. The van der Waals surface area contributed by atoms with Crippen LogP contribution in [0.25, 0.3) is 0 Å². The fourth-order valence-electron chi connectivity index (χ4n) is 8.63. The summed E-state index contributed by atoms with van der Waals surface area (Å²) in [6.07, 6.45) is -7.52. The molecule has 0 radical (unpaired) electrons. The maximum Gasteiger partial charge on any atom is 0.312 e. The third kappa shape index (κ3) is 12.6. The van der Waals surface area contributed by atoms with Gasteiger partial charge in [0.2, 0.25) is 0 Å². The van der Waals surface area contributed by atoms with Crippen LogP contribution < -0.4 is 4.74 Å². The number of aliphatic hydroxyl groups is 4. The van der Waals surface area contributed by atoms with Crippen LogP contribution >= 0.6 is 11.6 Å². The molecule has 0 saturated carbocycles. The van der Waals surface area contributed by atoms with E-state index in [0.717, 1.165) is 0 Å². The van der Waals surface area contributed by atoms with E-state index < -0.39 is 83.6 Å². The van der Waals surface area contributed by atoms with Gasteiger partial charge in [-0.1, -0.05) is 74.8 Å². The van der Waals surface area contributed by atoms with E-state index in [1.54, 1.807) is 58.9 Å². The quantitative estimate of drug-likeness (QED) is 0.124. The number of benzene rings is 2. The van der Waals surface area contributed by atoms with Crippen molar-refractivity contribution >= 4 is 29.3 Å². The summed E-state index contributed by atoms with van der Waals surface area (Å²) in [6, 6.07) is 15.6. The molecule has 15 heteroatoms. The molecule has 2 fully saturated rings. The Bertz CT molecular complexity index is 1710. The van der Waals surface area contributed by atoms with Crippen LogP contribution in [0.5, 0.6) is 5.75 Å². The summed E-state index contributed by atoms with van der Waals surface area (Å²) >= 11 is 6.21. The van der Waals surface area contributed by atoms with Crippen molar-refractivity contribution in [1.82, 2.24) is 4.90 Å². The minimum Gasteiger partial charge on any atom is -0.490 e. The SMILES string of the molecule is CC[C@@H]1OC(=O)[C@H](C)[C@@H](OC(=O)Cc2cccc(Cl)c2)[C@H](C)[C@@H](O[C@@H]2O[C@H](C)C[C@H](N(C)C)[C@H]2O)[C@@](C)(O)C[C@H](C)/C(=N\OCCOc2ccccc2)[C@@H](C)[C@@H](O)[C@]1(C)O. The van der Waals surface area contributed by atoms with E-state index in [0.29, 0.717) is 28.5 Å². The molecule has 0 aromatic heterocycles. The number of likely N-dealkylation sites (N-methyl/N-ethyl adjacent to an activating group) is 1. The number of hydrogen-bond donors (Lipinski definition) is 4. The van der Waals surface area contributed by atoms with Crippen molar-refractivity contribution in [3.05, 3.63) is 65.2 Å². The number of rotatable bonds is 12. The number of ether oxygens (including phenoxy) is 5. The number of hydrogen-bond acceptors (Lipinski definition) is 14. The number of carbonyl (C=O) groups excluding carboxylic acids is 2. The maximum absolute atomic E-state index is 14.2. The molecule has 4 rings (SSSR count). The monoisotopic (exact) mass is 862 g/mol. The topological polar surface area (TPSA) is 186 Å². The fraction of sp³-hybridized carbons (Fsp3) is 0.667. The van der Waals surface area contributed by atoms with Crippen LogP contribution in [0.15, 0.2) is 59.8 Å². The largest absolute Gasteiger partial charge is 0.490 e. The van der Waals surface area contributed by atoms with E-state index in [2.05, 4.69) is 5.16 Å². The minimum atomic E-state index is -1.99. The summed E-state index contributed by atoms with van der Waals surface area (Å²) in [6.45, 7) is 13.5. The molecule has 60 heavy (non-hydrogen) atoms. The van der Waals surface area contributed by atoms with Gasteiger partial charge in [0.1, 0.15) is 36.3 Å². The number of para-hydroxylation sites is 1. The number of carbonyl (C=O) groups is 2. The molecule has 0 spiro atoms. The van der Waals surface area contributed by atoms with Gasteiger partial charge in [0, 0.05) is 28.8 Å². The molecule has 2 saturated heterocycles. The molecule has 4 N–H and O–H groups in total. The Balaban J connectivity index is 1.80. The van der Waals surface area contributed by atoms with E-state index >= 15 is 0 Å². The van der Waals surface area contributed by atoms with E-state index in [-0.39, 0.29) is 44.6 Å². The van der Waals surface area contributed by atoms with Crippen LogP contribution in [-0.2, 0) is 39.8 Å². The highest BCUT2D eigenvalue weighted by Crippen LogP contribution is 2.39. The molecular formula is C45H67ClN2O12. The first-order valence-corrected chi connectivity index (χ1v) is 21.4. The third-order valence-corrected chi connectivity index (χ3v) is 12.2. The number of esters is 2. The number of nitrogens with zero attached hydrogens (tertiary/aromatic N) is 2. The summed E-state index contributed by atoms with van der Waals surface area (Å²) in [5.41, 5.74) is -2.91. The van der Waals surface area contributed by atoms with Gasteiger partial charge in [-0.3, -0.25) is 9.59 Å². The van der Waals surface area contributed by atoms with Crippen LogP contribution in [0.2, 0.25) is 5.02 Å². The Morgan fingerprint density at radius 3 is 2.30 bits per heavy atom. The van der Waals surface area contributed by atoms with E-state index in [9.17, 15) is 30.0 Å². The molecule has 336 valence electrons. The molecular weight excluding hydrogens is 796 g/mol. The fourth-order valence-corrected chi connectivity index (χ4v) is 8.85. The first-order chi connectivity index (χ1) is 28.2. The van der Waals surface area contributed by atoms with Crippen LogP contribution in [0, 0.1) is 23.7 Å². The molecule has 0 unspecified atom stereocenters. The molecule has 0 bridgehead atoms. The highest BCUT2D eigenvalue weighted by molar-refractivity contribution is 6.30. The Hall–Kier alpha value is -3.34. The average molecular weight is 863 g/mol. The minimum absolute atomic E-state index is 0.0426. The Labute approximate surface area is 360 Å². The van der Waals surface area contributed by atoms with Crippen LogP contribution in [0.3, 0.4) is 0 Å². The van der Waals surface area contributed by atoms with E-state index in [1.165, 1.54) is 13.8 Å². The number of oxime groups is 1. The molecule has 2 aliphatic heterocycles. The Kier molecular flexibility index (Phi) is 17.8. The van der Waals surface area contributed by atoms with Crippen LogP contribution in [0.4, 0.5) is 0 Å². The summed E-state index contributed by atoms with van der Waals surface area (Å²) < 4.78 is 30.8. The molecule has 2 heterocycles. The molecule has 14 nitrogen and oxygen atoms in total. The maximum atomic E-state index is 14.2. The second-order valence-electron chi connectivity index (χ2n) is 17.3. The van der Waals surface area contributed by atoms with Gasteiger partial charge in [-0.2, -0.15) is 0 Å². The predicted octanol–water partition coefficient (Wildman–Crippen LogP) is 5.19. The van der Waals surface area contributed by atoms with Crippen molar-refractivity contribution in [3.8, 4) is 5.75 Å². The Morgan fingerprint density at radius 2 is 1.67 bits per heavy atom. The summed E-state index contributed by atoms with van der Waals surface area (Å²) in [7, 11) is 3.70. The zero-order valence-corrected chi connectivity index (χ0v) is 37.5. The molecule has 2 aromatic rings. The lowest BCUT2D eigenvalue weighted by Gasteiger charge is -2.47. The summed E-state index contributed by atoms with van der Waals surface area (Å²) in [5, 5.41) is 53.1. The molecule has 14 atom stereocenters. The zero-order valence-electron chi connectivity index (χ0n) is 36.7. The molecule has 2 aliphatic rings. The van der Waals surface area contributed by atoms with Crippen LogP contribution in [0.1, 0.15) is 80.2 Å². The van der Waals surface area contributed by atoms with Crippen molar-refractivity contribution in [2.45, 2.75) is 141 Å². The van der Waals surface area contributed by atoms with Crippen molar-refractivity contribution in [2.75, 3.05) is 27.3 Å². The standard InChI is InChI=1S/C45H67ClN2O12/c1-11-35-45(8,54)40(51)28(4)37(47-56-21-20-55-33-18-13-12-14-19-33)26(2)25-44(7,53)41(60-43-38(50)34(48(9)10)22-27(3)57-43)29(5)39(30(6)42(52)58-35)59-36(49)24-31-16-15-17-32(46)23-31/h12-19,23,26-30,34-35,38-41,43,50-51,53-54H,11,20-22,24-25H2,1-10H3/b47-37+/t26-,27+,28+,29-,30+,34-,35-,38+,39-,40+,41+,43-,44-,45+/m0/s1. The van der Waals surface area contributed by atoms with E-state index in [1.807, 2.05) is 56.3 Å². The highest BCUT2D eigenvalue weighted by atomic mass is 35.5. The van der Waals surface area contributed by atoms with Gasteiger partial charge in [0.25, 0.3) is 0 Å². The lowest BCUT2D eigenvalue weighted by molar-refractivity contribution is -0.299. The van der Waals surface area contributed by atoms with Gasteiger partial charge in [-0.15, -0.1) is 0 Å². The lowest BCUT2D eigenvalue weighted by atomic mass is 9.73. The van der Waals surface area contributed by atoms with Crippen molar-refractivity contribution in [3.63, 3.8) is 0 Å². The second-order valence-corrected chi connectivity index (χ2v) is 17.7. The van der Waals surface area contributed by atoms with Crippen molar-refractivity contribution < 1.29 is 58.5 Å². The highest BCUT2D eigenvalue weighted by Gasteiger charge is 2.52. The summed E-state index contributed by atoms with van der Waals surface area (Å²) in [4.78, 5) is 35.6. The van der Waals surface area contributed by atoms with Crippen molar-refractivity contribution in [2.24, 2.45) is 28.8 Å². The smallest absolute Gasteiger partial charge is 0.312 e. The van der Waals surface area contributed by atoms with Gasteiger partial charge in [-0.05, 0) is 90.9 Å². The number of cyclic esters (lactones) is 1. The number of halogens is 1. The van der Waals surface area contributed by atoms with Gasteiger partial charge in [0.15, 0.2) is 12.9 Å². The normalized spacial score (nSPS) is 36.6. The second kappa shape index (κ2) is 21.6. The van der Waals surface area contributed by atoms with Gasteiger partial charge < -0.3 is 53.8 Å². The first-order valence-electron chi connectivity index (χ1n) is 21.0. The zero-order chi connectivity index (χ0) is 44.5. The lowest BCUT2D eigenvalue weighted by Crippen LogP contribution is -2.60. The van der Waals surface area contributed by atoms with Gasteiger partial charge in [0.05, 0.1) is 42.0 Å². The third-order valence-electron chi connectivity index (χ3n) is 11.9. The van der Waals surface area contributed by atoms with Gasteiger partial charge in [-0.25, -0.2) is 0 Å². The first kappa shape index (κ1) is 49.3. The van der Waals surface area contributed by atoms with Crippen LogP contribution in [-0.4, -0.2) is 130 Å². The molecule has 0 aliphatic carbocycles. The number of aliphatic hydroxyl groups excluding tert-OH is 2. The van der Waals surface area contributed by atoms with E-state index in [4.69, 9.17) is 40.1 Å². The van der Waals surface area contributed by atoms with Gasteiger partial charge >= 0.3 is 11.9 Å². The molecule has 0 amide bonds. The van der Waals surface area contributed by atoms with Crippen molar-refractivity contribution in [1.29, 1.82) is 0 Å². The molecule has 2 aromatic carbocycles. The average Bonchev–Trinajstić information content (AvgIpc) is 3.18. The Morgan fingerprint density at radius 1 is 0.983 bits per heavy atom. The predicted molar refractivity (Wildman–Crippen MR) is 226 cm³/mol.